The molecule has 110 valence electrons. The molecule has 1 rings (SSSR count). The van der Waals surface area contributed by atoms with Gasteiger partial charge in [-0.25, -0.2) is 4.99 Å². The van der Waals surface area contributed by atoms with E-state index in [0.717, 1.165) is 12.2 Å². The van der Waals surface area contributed by atoms with Crippen molar-refractivity contribution in [2.45, 2.75) is 13.1 Å². The van der Waals surface area contributed by atoms with E-state index in [2.05, 4.69) is 27.5 Å². The molecule has 1 aliphatic heterocycles. The number of allylic oxidation sites excluding steroid dienone is 3. The van der Waals surface area contributed by atoms with Crippen molar-refractivity contribution in [3.05, 3.63) is 47.5 Å². The minimum atomic E-state index is -4.44. The molecular weight excluding hydrogens is 335 g/mol. The Morgan fingerprint density at radius 2 is 2.15 bits per heavy atom. The largest absolute Gasteiger partial charge is 0.416 e. The molecule has 3 nitrogen and oxygen atoms in total. The van der Waals surface area contributed by atoms with Crippen molar-refractivity contribution in [3.63, 3.8) is 0 Å². The van der Waals surface area contributed by atoms with Gasteiger partial charge in [-0.05, 0) is 28.9 Å². The molecule has 0 bridgehead atoms. The Bertz CT molecular complexity index is 527. The van der Waals surface area contributed by atoms with Crippen LogP contribution in [0.4, 0.5) is 13.2 Å². The van der Waals surface area contributed by atoms with Gasteiger partial charge in [-0.2, -0.15) is 13.2 Å². The van der Waals surface area contributed by atoms with E-state index in [1.54, 1.807) is 11.9 Å². The van der Waals surface area contributed by atoms with E-state index in [1.165, 1.54) is 13.1 Å². The Morgan fingerprint density at radius 1 is 1.55 bits per heavy atom. The van der Waals surface area contributed by atoms with E-state index >= 15 is 0 Å². The van der Waals surface area contributed by atoms with Crippen LogP contribution in [0.25, 0.3) is 0 Å². The Labute approximate surface area is 124 Å². The highest BCUT2D eigenvalue weighted by molar-refractivity contribution is 9.18. The van der Waals surface area contributed by atoms with Crippen LogP contribution in [0.1, 0.15) is 6.92 Å². The molecule has 20 heavy (non-hydrogen) atoms. The van der Waals surface area contributed by atoms with Crippen LogP contribution in [0.5, 0.6) is 0 Å². The van der Waals surface area contributed by atoms with Crippen LogP contribution in [-0.2, 0) is 0 Å². The van der Waals surface area contributed by atoms with Crippen LogP contribution in [0.15, 0.2) is 52.5 Å². The first-order valence-electron chi connectivity index (χ1n) is 5.70. The van der Waals surface area contributed by atoms with Gasteiger partial charge in [-0.1, -0.05) is 12.7 Å². The molecule has 0 amide bonds. The fourth-order valence-corrected chi connectivity index (χ4v) is 2.12. The van der Waals surface area contributed by atoms with Gasteiger partial charge >= 0.3 is 6.18 Å². The lowest BCUT2D eigenvalue weighted by molar-refractivity contribution is -0.0883. The van der Waals surface area contributed by atoms with Crippen LogP contribution >= 0.6 is 15.9 Å². The topological polar surface area (TPSA) is 41.6 Å². The number of nitrogens with zero attached hydrogens (tertiary/aromatic N) is 2. The Kier molecular flexibility index (Phi) is 5.21. The molecule has 0 aromatic rings. The van der Waals surface area contributed by atoms with Crippen molar-refractivity contribution < 1.29 is 13.2 Å². The van der Waals surface area contributed by atoms with Gasteiger partial charge in [-0.3, -0.25) is 0 Å². The molecule has 0 aliphatic carbocycles. The average Bonchev–Trinajstić information content (AvgIpc) is 2.29. The van der Waals surface area contributed by atoms with Crippen molar-refractivity contribution in [2.24, 2.45) is 10.7 Å². The number of aliphatic imine (C=N–C) groups is 1. The van der Waals surface area contributed by atoms with Crippen LogP contribution in [0.2, 0.25) is 0 Å². The number of nitrogens with two attached hydrogens (primary N) is 1. The van der Waals surface area contributed by atoms with Gasteiger partial charge in [-0.15, -0.1) is 0 Å². The normalized spacial score (nSPS) is 17.8. The van der Waals surface area contributed by atoms with Crippen molar-refractivity contribution in [3.8, 4) is 0 Å². The molecule has 7 heteroatoms. The average molecular weight is 350 g/mol. The third-order valence-electron chi connectivity index (χ3n) is 2.67. The third-order valence-corrected chi connectivity index (χ3v) is 3.12. The first kappa shape index (κ1) is 16.6. The Hall–Kier alpha value is -1.50. The smallest absolute Gasteiger partial charge is 0.399 e. The van der Waals surface area contributed by atoms with Crippen molar-refractivity contribution >= 4 is 20.6 Å². The molecule has 0 saturated carbocycles. The maximum Gasteiger partial charge on any atom is 0.416 e. The lowest BCUT2D eigenvalue weighted by Crippen LogP contribution is -2.28. The summed E-state index contributed by atoms with van der Waals surface area (Å²) in [5, 5.41) is 0. The SMILES string of the molecule is C=C(N)/C(=C\C(=C/C)C(F)(F)F)C1=CN=C(Br)CN1C. The summed E-state index contributed by atoms with van der Waals surface area (Å²) in [6.07, 6.45) is -1.00. The number of alkyl halides is 3. The fourth-order valence-electron chi connectivity index (χ4n) is 1.64. The summed E-state index contributed by atoms with van der Waals surface area (Å²) in [7, 11) is 1.74. The number of hydrogen-bond acceptors (Lipinski definition) is 3. The zero-order valence-corrected chi connectivity index (χ0v) is 12.7. The molecule has 0 atom stereocenters. The third kappa shape index (κ3) is 4.00. The lowest BCUT2D eigenvalue weighted by Gasteiger charge is -2.26. The first-order chi connectivity index (χ1) is 9.16. The minimum absolute atomic E-state index is 0.0555. The van der Waals surface area contributed by atoms with Crippen LogP contribution in [-0.4, -0.2) is 29.3 Å². The van der Waals surface area contributed by atoms with Gasteiger partial charge in [0.15, 0.2) is 0 Å². The summed E-state index contributed by atoms with van der Waals surface area (Å²) >= 11 is 3.24. The van der Waals surface area contributed by atoms with Crippen LogP contribution in [0.3, 0.4) is 0 Å². The molecule has 0 saturated heterocycles. The zero-order chi connectivity index (χ0) is 15.5. The van der Waals surface area contributed by atoms with Crippen LogP contribution < -0.4 is 5.73 Å². The van der Waals surface area contributed by atoms with Crippen molar-refractivity contribution in [1.82, 2.24) is 4.90 Å². The molecule has 1 aliphatic rings. The highest BCUT2D eigenvalue weighted by Gasteiger charge is 2.32. The Balaban J connectivity index is 3.30. The summed E-state index contributed by atoms with van der Waals surface area (Å²) < 4.78 is 39.1. The standard InChI is InChI=1S/C13H15BrF3N3/c1-4-9(13(15,16)17)5-10(8(2)18)11-6-19-12(14)7-20(11)3/h4-6H,2,7,18H2,1,3H3/b9-4+,10-5+. The van der Waals surface area contributed by atoms with Gasteiger partial charge in [0.1, 0.15) is 4.62 Å². The van der Waals surface area contributed by atoms with E-state index in [0.29, 0.717) is 16.9 Å². The maximum atomic E-state index is 12.8. The Morgan fingerprint density at radius 3 is 2.55 bits per heavy atom. The molecule has 0 aromatic heterocycles. The summed E-state index contributed by atoms with van der Waals surface area (Å²) in [4.78, 5) is 5.79. The second-order valence-corrected chi connectivity index (χ2v) is 5.12. The number of likely N-dealkylation sites (N-methyl/N-ethyl adjacent to an activating group) is 1. The van der Waals surface area contributed by atoms with Crippen molar-refractivity contribution in [1.29, 1.82) is 0 Å². The molecule has 0 spiro atoms. The maximum absolute atomic E-state index is 12.8. The fraction of sp³-hybridized carbons (Fsp3) is 0.308. The van der Waals surface area contributed by atoms with E-state index in [9.17, 15) is 13.2 Å². The monoisotopic (exact) mass is 349 g/mol. The molecule has 0 radical (unpaired) electrons. The quantitative estimate of drug-likeness (QED) is 0.792. The predicted octanol–water partition coefficient (Wildman–Crippen LogP) is 3.47. The number of halogens is 4. The highest BCUT2D eigenvalue weighted by atomic mass is 79.9. The summed E-state index contributed by atoms with van der Waals surface area (Å²) in [5.41, 5.74) is 5.61. The van der Waals surface area contributed by atoms with E-state index in [4.69, 9.17) is 5.73 Å². The molecular formula is C13H15BrF3N3. The van der Waals surface area contributed by atoms with E-state index < -0.39 is 11.7 Å². The number of rotatable bonds is 3. The second-order valence-electron chi connectivity index (χ2n) is 4.20. The van der Waals surface area contributed by atoms with Gasteiger partial charge in [0.2, 0.25) is 0 Å². The lowest BCUT2D eigenvalue weighted by atomic mass is 10.0. The van der Waals surface area contributed by atoms with Crippen LogP contribution in [0, 0.1) is 0 Å². The van der Waals surface area contributed by atoms with E-state index in [-0.39, 0.29) is 11.3 Å². The van der Waals surface area contributed by atoms with E-state index in [1.807, 2.05) is 0 Å². The van der Waals surface area contributed by atoms with Gasteiger partial charge in [0.25, 0.3) is 0 Å². The van der Waals surface area contributed by atoms with Gasteiger partial charge in [0.05, 0.1) is 24.0 Å². The zero-order valence-electron chi connectivity index (χ0n) is 11.1. The molecule has 2 N–H and O–H groups in total. The van der Waals surface area contributed by atoms with Gasteiger partial charge in [0, 0.05) is 18.3 Å². The molecule has 0 unspecified atom stereocenters. The summed E-state index contributed by atoms with van der Waals surface area (Å²) in [6, 6.07) is 0. The minimum Gasteiger partial charge on any atom is -0.399 e. The van der Waals surface area contributed by atoms with Crippen molar-refractivity contribution in [2.75, 3.05) is 13.6 Å². The molecule has 0 fully saturated rings. The van der Waals surface area contributed by atoms with Gasteiger partial charge < -0.3 is 10.6 Å². The second kappa shape index (κ2) is 6.30. The molecule has 1 heterocycles. The predicted molar refractivity (Wildman–Crippen MR) is 78.3 cm³/mol. The number of hydrogen-bond donors (Lipinski definition) is 1. The summed E-state index contributed by atoms with van der Waals surface area (Å²) in [6.45, 7) is 5.32. The summed E-state index contributed by atoms with van der Waals surface area (Å²) in [5.74, 6) is 0. The first-order valence-corrected chi connectivity index (χ1v) is 6.50. The molecule has 0 aromatic carbocycles. The highest BCUT2D eigenvalue weighted by Crippen LogP contribution is 2.31.